The number of carbonyl (C=O) groups is 3. The van der Waals surface area contributed by atoms with Crippen molar-refractivity contribution in [3.63, 3.8) is 0 Å². The molecule has 0 saturated carbocycles. The summed E-state index contributed by atoms with van der Waals surface area (Å²) in [7, 11) is 0. The summed E-state index contributed by atoms with van der Waals surface area (Å²) >= 11 is 0. The number of hydrogen-bond donors (Lipinski definition) is 0. The molecule has 4 aliphatic rings. The maximum atomic E-state index is 12.8. The van der Waals surface area contributed by atoms with Crippen molar-refractivity contribution in [1.82, 2.24) is 0 Å². The van der Waals surface area contributed by atoms with Gasteiger partial charge in [-0.25, -0.2) is 9.59 Å². The molecule has 4 rings (SSSR count). The van der Waals surface area contributed by atoms with Crippen LogP contribution in [0.3, 0.4) is 0 Å². The summed E-state index contributed by atoms with van der Waals surface area (Å²) in [6.07, 6.45) is 0.747. The Labute approximate surface area is 158 Å². The number of hydrogen-bond acceptors (Lipinski definition) is 6. The van der Waals surface area contributed by atoms with Gasteiger partial charge in [0.2, 0.25) is 0 Å². The molecular formula is C21H24O6. The second kappa shape index (κ2) is 5.41. The number of esters is 2. The number of ketones is 1. The molecule has 2 fully saturated rings. The maximum absolute atomic E-state index is 12.8. The molecule has 2 saturated heterocycles. The van der Waals surface area contributed by atoms with Crippen LogP contribution >= 0.6 is 0 Å². The first kappa shape index (κ1) is 18.2. The van der Waals surface area contributed by atoms with E-state index in [1.165, 1.54) is 0 Å². The summed E-state index contributed by atoms with van der Waals surface area (Å²) in [6, 6.07) is 0. The SMILES string of the molecule is C=C1C(=O)O[C@@H]2[C@H]3C(C)=CC(=O)C3=C(C)C[C@@H](OC(=O)[C@@]3(C)OC3(C)C)[C@@H]12. The minimum Gasteiger partial charge on any atom is -0.459 e. The molecule has 2 heterocycles. The quantitative estimate of drug-likeness (QED) is 0.421. The Morgan fingerprint density at radius 1 is 1.26 bits per heavy atom. The Morgan fingerprint density at radius 2 is 1.89 bits per heavy atom. The van der Waals surface area contributed by atoms with Crippen molar-refractivity contribution in [2.24, 2.45) is 11.8 Å². The van der Waals surface area contributed by atoms with Crippen molar-refractivity contribution in [1.29, 1.82) is 0 Å². The van der Waals surface area contributed by atoms with Gasteiger partial charge < -0.3 is 14.2 Å². The molecule has 0 aromatic rings. The highest BCUT2D eigenvalue weighted by molar-refractivity contribution is 6.09. The summed E-state index contributed by atoms with van der Waals surface area (Å²) in [6.45, 7) is 13.0. The number of carbonyl (C=O) groups excluding carboxylic acids is 3. The first-order valence-corrected chi connectivity index (χ1v) is 9.21. The van der Waals surface area contributed by atoms with E-state index in [0.717, 1.165) is 11.1 Å². The first-order chi connectivity index (χ1) is 12.5. The molecule has 2 aliphatic carbocycles. The molecule has 0 aromatic carbocycles. The molecular weight excluding hydrogens is 348 g/mol. The monoisotopic (exact) mass is 372 g/mol. The summed E-state index contributed by atoms with van der Waals surface area (Å²) < 4.78 is 17.0. The second-order valence-corrected chi connectivity index (χ2v) is 8.64. The number of epoxide rings is 1. The van der Waals surface area contributed by atoms with Crippen LogP contribution in [0.2, 0.25) is 0 Å². The first-order valence-electron chi connectivity index (χ1n) is 9.21. The molecule has 0 aromatic heterocycles. The van der Waals surface area contributed by atoms with Crippen LogP contribution in [0.25, 0.3) is 0 Å². The summed E-state index contributed by atoms with van der Waals surface area (Å²) in [5.74, 6) is -1.82. The van der Waals surface area contributed by atoms with Gasteiger partial charge in [0.15, 0.2) is 11.4 Å². The molecule has 0 N–H and O–H groups in total. The molecule has 0 amide bonds. The zero-order valence-electron chi connectivity index (χ0n) is 16.3. The highest BCUT2D eigenvalue weighted by atomic mass is 16.7. The number of fused-ring (bicyclic) bond motifs is 3. The van der Waals surface area contributed by atoms with Gasteiger partial charge in [-0.05, 0) is 40.7 Å². The molecule has 6 nitrogen and oxygen atoms in total. The lowest BCUT2D eigenvalue weighted by Crippen LogP contribution is -2.39. The molecule has 2 aliphatic heterocycles. The third-order valence-corrected chi connectivity index (χ3v) is 6.60. The van der Waals surface area contributed by atoms with Gasteiger partial charge in [-0.2, -0.15) is 0 Å². The van der Waals surface area contributed by atoms with Crippen molar-refractivity contribution in [3.05, 3.63) is 34.9 Å². The predicted octanol–water partition coefficient (Wildman–Crippen LogP) is 2.43. The lowest BCUT2D eigenvalue weighted by molar-refractivity contribution is -0.158. The van der Waals surface area contributed by atoms with E-state index in [1.54, 1.807) is 13.0 Å². The lowest BCUT2D eigenvalue weighted by atomic mass is 9.82. The minimum atomic E-state index is -1.01. The average Bonchev–Trinajstić information content (AvgIpc) is 2.80. The average molecular weight is 372 g/mol. The van der Waals surface area contributed by atoms with Crippen LogP contribution in [0.1, 0.15) is 41.0 Å². The largest absolute Gasteiger partial charge is 0.459 e. The molecule has 144 valence electrons. The highest BCUT2D eigenvalue weighted by Crippen LogP contribution is 2.51. The van der Waals surface area contributed by atoms with Gasteiger partial charge in [-0.3, -0.25) is 4.79 Å². The van der Waals surface area contributed by atoms with E-state index in [0.29, 0.717) is 17.6 Å². The Hall–Kier alpha value is -2.21. The fourth-order valence-electron chi connectivity index (χ4n) is 4.65. The summed E-state index contributed by atoms with van der Waals surface area (Å²) in [4.78, 5) is 37.5. The van der Waals surface area contributed by atoms with Crippen LogP contribution in [0.15, 0.2) is 34.9 Å². The zero-order chi connectivity index (χ0) is 19.9. The van der Waals surface area contributed by atoms with E-state index >= 15 is 0 Å². The van der Waals surface area contributed by atoms with Crippen LogP contribution in [-0.2, 0) is 28.6 Å². The third-order valence-electron chi connectivity index (χ3n) is 6.60. The molecule has 0 spiro atoms. The molecule has 0 radical (unpaired) electrons. The lowest BCUT2D eigenvalue weighted by Gasteiger charge is -2.28. The van der Waals surface area contributed by atoms with Crippen molar-refractivity contribution >= 4 is 17.7 Å². The predicted molar refractivity (Wildman–Crippen MR) is 95.5 cm³/mol. The van der Waals surface area contributed by atoms with E-state index in [4.69, 9.17) is 14.2 Å². The normalized spacial score (nSPS) is 39.4. The Balaban J connectivity index is 1.71. The van der Waals surface area contributed by atoms with Gasteiger partial charge in [-0.1, -0.05) is 17.7 Å². The van der Waals surface area contributed by atoms with Crippen molar-refractivity contribution < 1.29 is 28.6 Å². The highest BCUT2D eigenvalue weighted by Gasteiger charge is 2.67. The van der Waals surface area contributed by atoms with E-state index in [9.17, 15) is 14.4 Å². The van der Waals surface area contributed by atoms with E-state index < -0.39 is 41.3 Å². The fourth-order valence-corrected chi connectivity index (χ4v) is 4.65. The summed E-state index contributed by atoms with van der Waals surface area (Å²) in [5, 5.41) is 0. The number of ether oxygens (including phenoxy) is 3. The second-order valence-electron chi connectivity index (χ2n) is 8.64. The van der Waals surface area contributed by atoms with Crippen LogP contribution in [0, 0.1) is 11.8 Å². The third kappa shape index (κ3) is 2.39. The van der Waals surface area contributed by atoms with E-state index in [2.05, 4.69) is 6.58 Å². The topological polar surface area (TPSA) is 82.2 Å². The number of rotatable bonds is 2. The Bertz CT molecular complexity index is 860. The van der Waals surface area contributed by atoms with Crippen LogP contribution < -0.4 is 0 Å². The Kier molecular flexibility index (Phi) is 3.64. The molecule has 5 atom stereocenters. The molecule has 0 unspecified atom stereocenters. The standard InChI is InChI=1S/C21H24O6/c1-9-7-12(22)14-10(2)8-13(25-19(24)21(6)20(4,5)27-21)16-11(3)18(23)26-17(16)15(9)14/h7,13,15-17H,3,8H2,1-2,4-6H3/t13-,15+,16-,17-,21-/m1/s1. The van der Waals surface area contributed by atoms with Gasteiger partial charge in [0.25, 0.3) is 0 Å². The van der Waals surface area contributed by atoms with Gasteiger partial charge in [0.05, 0.1) is 5.92 Å². The Morgan fingerprint density at radius 3 is 2.48 bits per heavy atom. The van der Waals surface area contributed by atoms with Crippen LogP contribution in [0.4, 0.5) is 0 Å². The minimum absolute atomic E-state index is 0.0621. The number of allylic oxidation sites excluding steroid dienone is 1. The van der Waals surface area contributed by atoms with Gasteiger partial charge in [0, 0.05) is 23.5 Å². The fraction of sp³-hybridized carbons (Fsp3) is 0.571. The van der Waals surface area contributed by atoms with Crippen molar-refractivity contribution in [2.45, 2.75) is 64.4 Å². The maximum Gasteiger partial charge on any atom is 0.341 e. The smallest absolute Gasteiger partial charge is 0.341 e. The van der Waals surface area contributed by atoms with E-state index in [-0.39, 0.29) is 11.7 Å². The van der Waals surface area contributed by atoms with Gasteiger partial charge in [0.1, 0.15) is 17.8 Å². The molecule has 0 bridgehead atoms. The van der Waals surface area contributed by atoms with Gasteiger partial charge in [-0.15, -0.1) is 0 Å². The molecule has 27 heavy (non-hydrogen) atoms. The van der Waals surface area contributed by atoms with E-state index in [1.807, 2.05) is 27.7 Å². The zero-order valence-corrected chi connectivity index (χ0v) is 16.3. The van der Waals surface area contributed by atoms with Crippen molar-refractivity contribution in [3.8, 4) is 0 Å². The van der Waals surface area contributed by atoms with Gasteiger partial charge >= 0.3 is 11.9 Å². The van der Waals surface area contributed by atoms with Crippen LogP contribution in [0.5, 0.6) is 0 Å². The van der Waals surface area contributed by atoms with Crippen molar-refractivity contribution in [2.75, 3.05) is 0 Å². The summed E-state index contributed by atoms with van der Waals surface area (Å²) in [5.41, 5.74) is 1.06. The van der Waals surface area contributed by atoms with Crippen LogP contribution in [-0.4, -0.2) is 41.1 Å². The molecule has 6 heteroatoms.